The molecule has 0 fully saturated rings. The number of hydrogen-bond acceptors (Lipinski definition) is 1. The summed E-state index contributed by atoms with van der Waals surface area (Å²) < 4.78 is 17.6. The minimum Gasteiger partial charge on any atom is -0.493 e. The van der Waals surface area contributed by atoms with Gasteiger partial charge in [-0.15, -0.1) is 0 Å². The quantitative estimate of drug-likeness (QED) is 0.648. The maximum Gasteiger partial charge on any atom is 0.135 e. The highest BCUT2D eigenvalue weighted by Crippen LogP contribution is 2.10. The Morgan fingerprint density at radius 1 is 1.55 bits per heavy atom. The second-order valence-corrected chi connectivity index (χ2v) is 2.21. The lowest BCUT2D eigenvalue weighted by Gasteiger charge is -2.02. The lowest BCUT2D eigenvalue weighted by molar-refractivity contribution is 0.315. The van der Waals surface area contributed by atoms with Crippen LogP contribution in [0.15, 0.2) is 18.2 Å². The third-order valence-electron chi connectivity index (χ3n) is 1.19. The Bertz CT molecular complexity index is 223. The smallest absolute Gasteiger partial charge is 0.135 e. The molecule has 1 aromatic carbocycles. The standard InChI is InChI=1S/C9H10FO/c1-2-6-11-9-5-3-4-8(10)7-9/h3-5H,2,6H2,1H3. The van der Waals surface area contributed by atoms with Crippen LogP contribution in [-0.2, 0) is 0 Å². The van der Waals surface area contributed by atoms with Crippen LogP contribution in [-0.4, -0.2) is 6.61 Å². The van der Waals surface area contributed by atoms with Crippen LogP contribution in [0.4, 0.5) is 4.39 Å². The van der Waals surface area contributed by atoms with E-state index < -0.39 is 0 Å². The molecule has 0 aliphatic carbocycles. The van der Waals surface area contributed by atoms with E-state index in [1.54, 1.807) is 12.1 Å². The van der Waals surface area contributed by atoms with E-state index in [1.165, 1.54) is 6.07 Å². The van der Waals surface area contributed by atoms with Crippen LogP contribution in [0.25, 0.3) is 0 Å². The molecule has 0 aromatic heterocycles. The SMILES string of the molecule is CCCOc1[c]c(F)ccc1. The van der Waals surface area contributed by atoms with Gasteiger partial charge in [0.2, 0.25) is 0 Å². The van der Waals surface area contributed by atoms with Gasteiger partial charge in [0.25, 0.3) is 0 Å². The summed E-state index contributed by atoms with van der Waals surface area (Å²) in [5.74, 6) is 0.102. The summed E-state index contributed by atoms with van der Waals surface area (Å²) in [7, 11) is 0. The van der Waals surface area contributed by atoms with Gasteiger partial charge in [-0.05, 0) is 18.6 Å². The van der Waals surface area contributed by atoms with Crippen LogP contribution in [0, 0.1) is 11.9 Å². The fourth-order valence-electron chi connectivity index (χ4n) is 0.717. The largest absolute Gasteiger partial charge is 0.493 e. The first-order chi connectivity index (χ1) is 5.33. The van der Waals surface area contributed by atoms with Crippen molar-refractivity contribution in [3.63, 3.8) is 0 Å². The molecule has 0 spiro atoms. The van der Waals surface area contributed by atoms with Crippen molar-refractivity contribution in [3.05, 3.63) is 30.1 Å². The Morgan fingerprint density at radius 2 is 2.36 bits per heavy atom. The Kier molecular flexibility index (Phi) is 2.90. The Balaban J connectivity index is 2.56. The highest BCUT2D eigenvalue weighted by atomic mass is 19.1. The van der Waals surface area contributed by atoms with Gasteiger partial charge in [0, 0.05) is 0 Å². The van der Waals surface area contributed by atoms with Gasteiger partial charge < -0.3 is 4.74 Å². The van der Waals surface area contributed by atoms with Gasteiger partial charge in [0.15, 0.2) is 0 Å². The summed E-state index contributed by atoms with van der Waals surface area (Å²) in [6.45, 7) is 2.61. The maximum atomic E-state index is 12.5. The van der Waals surface area contributed by atoms with Gasteiger partial charge in [-0.1, -0.05) is 13.0 Å². The molecule has 1 rings (SSSR count). The maximum absolute atomic E-state index is 12.5. The number of rotatable bonds is 3. The average Bonchev–Trinajstić information content (AvgIpc) is 2.01. The van der Waals surface area contributed by atoms with E-state index in [-0.39, 0.29) is 5.82 Å². The lowest BCUT2D eigenvalue weighted by atomic mass is 10.3. The number of halogens is 1. The Labute approximate surface area is 65.8 Å². The third-order valence-corrected chi connectivity index (χ3v) is 1.19. The minimum absolute atomic E-state index is 0.376. The van der Waals surface area contributed by atoms with Gasteiger partial charge in [-0.2, -0.15) is 0 Å². The third kappa shape index (κ3) is 2.58. The molecule has 2 heteroatoms. The van der Waals surface area contributed by atoms with Crippen molar-refractivity contribution >= 4 is 0 Å². The van der Waals surface area contributed by atoms with Crippen LogP contribution in [0.5, 0.6) is 5.75 Å². The first-order valence-electron chi connectivity index (χ1n) is 3.63. The number of ether oxygens (including phenoxy) is 1. The lowest BCUT2D eigenvalue weighted by Crippen LogP contribution is -1.94. The highest BCUT2D eigenvalue weighted by Gasteiger charge is 1.94. The normalized spacial score (nSPS) is 9.64. The topological polar surface area (TPSA) is 9.23 Å². The zero-order valence-corrected chi connectivity index (χ0v) is 6.43. The summed E-state index contributed by atoms with van der Waals surface area (Å²) in [4.78, 5) is 0. The van der Waals surface area contributed by atoms with E-state index in [0.29, 0.717) is 12.4 Å². The van der Waals surface area contributed by atoms with Crippen molar-refractivity contribution in [2.45, 2.75) is 13.3 Å². The molecule has 0 saturated carbocycles. The molecule has 0 unspecified atom stereocenters. The number of benzene rings is 1. The Hall–Kier alpha value is -1.05. The van der Waals surface area contributed by atoms with Crippen LogP contribution in [0.1, 0.15) is 13.3 Å². The van der Waals surface area contributed by atoms with E-state index in [9.17, 15) is 4.39 Å². The molecule has 0 saturated heterocycles. The van der Waals surface area contributed by atoms with Gasteiger partial charge in [0.1, 0.15) is 11.6 Å². The average molecular weight is 153 g/mol. The van der Waals surface area contributed by atoms with E-state index in [4.69, 9.17) is 4.74 Å². The molecule has 1 aromatic rings. The molecule has 0 atom stereocenters. The first-order valence-corrected chi connectivity index (χ1v) is 3.63. The summed E-state index contributed by atoms with van der Waals surface area (Å²) in [6, 6.07) is 7.10. The van der Waals surface area contributed by atoms with Crippen molar-refractivity contribution < 1.29 is 9.13 Å². The minimum atomic E-state index is -0.376. The molecule has 0 amide bonds. The Morgan fingerprint density at radius 3 is 3.00 bits per heavy atom. The number of hydrogen-bond donors (Lipinski definition) is 0. The summed E-state index contributed by atoms with van der Waals surface area (Å²) in [5.41, 5.74) is 0. The molecule has 11 heavy (non-hydrogen) atoms. The summed E-state index contributed by atoms with van der Waals surface area (Å²) in [6.07, 6.45) is 0.921. The molecule has 0 N–H and O–H groups in total. The summed E-state index contributed by atoms with van der Waals surface area (Å²) >= 11 is 0. The monoisotopic (exact) mass is 153 g/mol. The highest BCUT2D eigenvalue weighted by molar-refractivity contribution is 5.20. The first kappa shape index (κ1) is 8.05. The zero-order valence-electron chi connectivity index (χ0n) is 6.43. The molecule has 0 heterocycles. The van der Waals surface area contributed by atoms with E-state index >= 15 is 0 Å². The van der Waals surface area contributed by atoms with Crippen molar-refractivity contribution in [1.82, 2.24) is 0 Å². The van der Waals surface area contributed by atoms with Crippen LogP contribution < -0.4 is 4.74 Å². The zero-order chi connectivity index (χ0) is 8.10. The predicted octanol–water partition coefficient (Wildman–Crippen LogP) is 2.41. The molecule has 0 aliphatic rings. The van der Waals surface area contributed by atoms with Crippen molar-refractivity contribution in [3.8, 4) is 5.75 Å². The molecule has 1 radical (unpaired) electrons. The van der Waals surface area contributed by atoms with E-state index in [2.05, 4.69) is 6.07 Å². The summed E-state index contributed by atoms with van der Waals surface area (Å²) in [5, 5.41) is 0. The predicted molar refractivity (Wildman–Crippen MR) is 41.0 cm³/mol. The van der Waals surface area contributed by atoms with Gasteiger partial charge in [-0.3, -0.25) is 0 Å². The van der Waals surface area contributed by atoms with Crippen LogP contribution in [0.2, 0.25) is 0 Å². The molecule has 1 nitrogen and oxygen atoms in total. The van der Waals surface area contributed by atoms with Crippen molar-refractivity contribution in [2.24, 2.45) is 0 Å². The van der Waals surface area contributed by atoms with Gasteiger partial charge in [-0.25, -0.2) is 4.39 Å². The molecular formula is C9H10FO. The van der Waals surface area contributed by atoms with E-state index in [0.717, 1.165) is 6.42 Å². The molecule has 59 valence electrons. The van der Waals surface area contributed by atoms with Gasteiger partial charge in [0.05, 0.1) is 12.7 Å². The fraction of sp³-hybridized carbons (Fsp3) is 0.333. The van der Waals surface area contributed by atoms with Crippen molar-refractivity contribution in [1.29, 1.82) is 0 Å². The van der Waals surface area contributed by atoms with Crippen LogP contribution in [0.3, 0.4) is 0 Å². The van der Waals surface area contributed by atoms with E-state index in [1.807, 2.05) is 6.92 Å². The second kappa shape index (κ2) is 3.96. The molecule has 0 bridgehead atoms. The van der Waals surface area contributed by atoms with Crippen molar-refractivity contribution in [2.75, 3.05) is 6.61 Å². The molecule has 0 aliphatic heterocycles. The molecular weight excluding hydrogens is 143 g/mol. The van der Waals surface area contributed by atoms with Gasteiger partial charge >= 0.3 is 0 Å². The fourth-order valence-corrected chi connectivity index (χ4v) is 0.717. The van der Waals surface area contributed by atoms with Crippen LogP contribution >= 0.6 is 0 Å². The second-order valence-electron chi connectivity index (χ2n) is 2.21.